The summed E-state index contributed by atoms with van der Waals surface area (Å²) >= 11 is 0. The maximum atomic E-state index is 6.66. The Morgan fingerprint density at radius 2 is 1.44 bits per heavy atom. The molecule has 3 atom stereocenters. The van der Waals surface area contributed by atoms with Crippen LogP contribution in [0.1, 0.15) is 29.0 Å². The zero-order chi connectivity index (χ0) is 30.5. The standard InChI is InChI=1S/C38H46N2O5/c1-2-7-30(8-3-1)28-42-20-6-21-43-35-15-13-33(14-16-35)38-36(44-24-19-40-17-22-41-23-18-40)26-39-27-37(38)45-29-31-11-12-32-9-4-5-10-34(32)25-31/h1-5,7-16,25,36-39H,6,17-24,26-29H2. The van der Waals surface area contributed by atoms with Crippen LogP contribution in [-0.4, -0.2) is 82.9 Å². The Kier molecular flexibility index (Phi) is 11.9. The molecule has 2 aliphatic rings. The largest absolute Gasteiger partial charge is 0.494 e. The lowest BCUT2D eigenvalue weighted by molar-refractivity contribution is -0.0662. The summed E-state index contributed by atoms with van der Waals surface area (Å²) in [5.74, 6) is 0.978. The van der Waals surface area contributed by atoms with Gasteiger partial charge in [-0.3, -0.25) is 4.90 Å². The molecule has 7 nitrogen and oxygen atoms in total. The molecule has 0 saturated carbocycles. The number of hydrogen-bond acceptors (Lipinski definition) is 7. The average Bonchev–Trinajstić information content (AvgIpc) is 3.10. The van der Waals surface area contributed by atoms with Crippen LogP contribution in [0.5, 0.6) is 5.75 Å². The molecule has 0 spiro atoms. The molecule has 0 amide bonds. The van der Waals surface area contributed by atoms with Gasteiger partial charge in [0.05, 0.1) is 58.5 Å². The number of ether oxygens (including phenoxy) is 5. The van der Waals surface area contributed by atoms with E-state index >= 15 is 0 Å². The predicted molar refractivity (Wildman–Crippen MR) is 178 cm³/mol. The third-order valence-electron chi connectivity index (χ3n) is 8.69. The van der Waals surface area contributed by atoms with Crippen molar-refractivity contribution in [3.63, 3.8) is 0 Å². The molecule has 2 aliphatic heterocycles. The van der Waals surface area contributed by atoms with E-state index in [1.807, 2.05) is 18.2 Å². The van der Waals surface area contributed by atoms with Gasteiger partial charge in [-0.2, -0.15) is 0 Å². The van der Waals surface area contributed by atoms with E-state index in [2.05, 4.69) is 89.1 Å². The summed E-state index contributed by atoms with van der Waals surface area (Å²) in [6.07, 6.45) is 0.828. The van der Waals surface area contributed by atoms with Crippen molar-refractivity contribution < 1.29 is 23.7 Å². The van der Waals surface area contributed by atoms with Crippen molar-refractivity contribution in [2.45, 2.75) is 37.8 Å². The van der Waals surface area contributed by atoms with Crippen molar-refractivity contribution in [3.8, 4) is 5.75 Å². The van der Waals surface area contributed by atoms with Crippen molar-refractivity contribution in [2.24, 2.45) is 0 Å². The molecule has 45 heavy (non-hydrogen) atoms. The number of nitrogens with zero attached hydrogens (tertiary/aromatic N) is 1. The summed E-state index contributed by atoms with van der Waals surface area (Å²) in [4.78, 5) is 2.42. The van der Waals surface area contributed by atoms with E-state index in [-0.39, 0.29) is 18.1 Å². The van der Waals surface area contributed by atoms with Crippen molar-refractivity contribution in [3.05, 3.63) is 114 Å². The van der Waals surface area contributed by atoms with E-state index in [1.165, 1.54) is 27.5 Å². The van der Waals surface area contributed by atoms with Gasteiger partial charge in [0.1, 0.15) is 5.75 Å². The molecule has 0 aliphatic carbocycles. The van der Waals surface area contributed by atoms with Gasteiger partial charge in [-0.1, -0.05) is 78.9 Å². The smallest absolute Gasteiger partial charge is 0.119 e. The predicted octanol–water partition coefficient (Wildman–Crippen LogP) is 5.82. The maximum absolute atomic E-state index is 6.66. The Labute approximate surface area is 267 Å². The van der Waals surface area contributed by atoms with Crippen LogP contribution in [0.25, 0.3) is 10.8 Å². The van der Waals surface area contributed by atoms with E-state index in [9.17, 15) is 0 Å². The second-order valence-electron chi connectivity index (χ2n) is 11.9. The van der Waals surface area contributed by atoms with Gasteiger partial charge in [-0.15, -0.1) is 0 Å². The molecule has 0 radical (unpaired) electrons. The fraction of sp³-hybridized carbons (Fsp3) is 0.421. The third kappa shape index (κ3) is 9.36. The van der Waals surface area contributed by atoms with Crippen LogP contribution in [0.2, 0.25) is 0 Å². The quantitative estimate of drug-likeness (QED) is 0.170. The lowest BCUT2D eigenvalue weighted by atomic mass is 9.85. The highest BCUT2D eigenvalue weighted by atomic mass is 16.5. The Morgan fingerprint density at radius 3 is 2.27 bits per heavy atom. The van der Waals surface area contributed by atoms with Crippen LogP contribution in [-0.2, 0) is 32.2 Å². The lowest BCUT2D eigenvalue weighted by Crippen LogP contribution is -2.51. The SMILES string of the molecule is c1ccc(COCCCOc2ccc(C3C(OCCN4CCOCC4)CNCC3OCc3ccc4ccccc4c3)cc2)cc1. The summed E-state index contributed by atoms with van der Waals surface area (Å²) in [7, 11) is 0. The van der Waals surface area contributed by atoms with Crippen molar-refractivity contribution in [1.29, 1.82) is 0 Å². The Bertz CT molecular complexity index is 1430. The molecule has 2 fully saturated rings. The summed E-state index contributed by atoms with van der Waals surface area (Å²) in [5.41, 5.74) is 3.59. The first-order valence-corrected chi connectivity index (χ1v) is 16.4. The van der Waals surface area contributed by atoms with Gasteiger partial charge in [-0.05, 0) is 45.7 Å². The molecule has 238 valence electrons. The van der Waals surface area contributed by atoms with Crippen LogP contribution in [0.3, 0.4) is 0 Å². The molecule has 7 heteroatoms. The van der Waals surface area contributed by atoms with Crippen LogP contribution in [0.15, 0.2) is 97.1 Å². The number of morpholine rings is 1. The number of hydrogen-bond donors (Lipinski definition) is 1. The molecular weight excluding hydrogens is 564 g/mol. The molecular formula is C38H46N2O5. The van der Waals surface area contributed by atoms with Crippen molar-refractivity contribution in [2.75, 3.05) is 65.8 Å². The first-order chi connectivity index (χ1) is 22.3. The molecule has 4 aromatic rings. The zero-order valence-corrected chi connectivity index (χ0v) is 26.2. The maximum Gasteiger partial charge on any atom is 0.119 e. The minimum Gasteiger partial charge on any atom is -0.494 e. The summed E-state index contributed by atoms with van der Waals surface area (Å²) in [5, 5.41) is 6.07. The summed E-state index contributed by atoms with van der Waals surface area (Å²) < 4.78 is 30.6. The average molecular weight is 611 g/mol. The highest BCUT2D eigenvalue weighted by molar-refractivity contribution is 5.82. The molecule has 2 heterocycles. The minimum atomic E-state index is -0.0212. The Morgan fingerprint density at radius 1 is 0.689 bits per heavy atom. The number of fused-ring (bicyclic) bond motifs is 1. The van der Waals surface area contributed by atoms with E-state index in [0.717, 1.165) is 58.1 Å². The number of rotatable bonds is 15. The van der Waals surface area contributed by atoms with Gasteiger partial charge in [-0.25, -0.2) is 0 Å². The van der Waals surface area contributed by atoms with Crippen molar-refractivity contribution in [1.82, 2.24) is 10.2 Å². The van der Waals surface area contributed by atoms with Gasteiger partial charge in [0, 0.05) is 45.1 Å². The first-order valence-electron chi connectivity index (χ1n) is 16.4. The molecule has 0 aromatic heterocycles. The van der Waals surface area contributed by atoms with Gasteiger partial charge in [0.15, 0.2) is 0 Å². The number of benzene rings is 4. The Balaban J connectivity index is 1.06. The van der Waals surface area contributed by atoms with Gasteiger partial charge in [0.25, 0.3) is 0 Å². The van der Waals surface area contributed by atoms with Crippen molar-refractivity contribution >= 4 is 10.8 Å². The molecule has 3 unspecified atom stereocenters. The first kappa shape index (κ1) is 31.7. The molecule has 6 rings (SSSR count). The van der Waals surface area contributed by atoms with Gasteiger partial charge >= 0.3 is 0 Å². The summed E-state index contributed by atoms with van der Waals surface area (Å²) in [6.45, 7) is 9.18. The van der Waals surface area contributed by atoms with Gasteiger partial charge in [0.2, 0.25) is 0 Å². The molecule has 4 aromatic carbocycles. The van der Waals surface area contributed by atoms with E-state index in [0.29, 0.717) is 33.0 Å². The van der Waals surface area contributed by atoms with Crippen LogP contribution in [0.4, 0.5) is 0 Å². The summed E-state index contributed by atoms with van der Waals surface area (Å²) in [6, 6.07) is 33.8. The highest BCUT2D eigenvalue weighted by Gasteiger charge is 2.36. The number of piperidine rings is 1. The van der Waals surface area contributed by atoms with E-state index in [1.54, 1.807) is 0 Å². The fourth-order valence-electron chi connectivity index (χ4n) is 6.21. The van der Waals surface area contributed by atoms with Crippen LogP contribution in [0, 0.1) is 0 Å². The number of nitrogens with one attached hydrogen (secondary N) is 1. The Hall–Kier alpha value is -3.30. The van der Waals surface area contributed by atoms with Crippen LogP contribution < -0.4 is 10.1 Å². The fourth-order valence-corrected chi connectivity index (χ4v) is 6.21. The topological polar surface area (TPSA) is 61.4 Å². The minimum absolute atomic E-state index is 0.00919. The zero-order valence-electron chi connectivity index (χ0n) is 26.2. The van der Waals surface area contributed by atoms with E-state index < -0.39 is 0 Å². The lowest BCUT2D eigenvalue weighted by Gasteiger charge is -2.39. The monoisotopic (exact) mass is 610 g/mol. The molecule has 1 N–H and O–H groups in total. The normalized spacial score (nSPS) is 20.8. The molecule has 2 saturated heterocycles. The van der Waals surface area contributed by atoms with E-state index in [4.69, 9.17) is 23.7 Å². The van der Waals surface area contributed by atoms with Gasteiger partial charge < -0.3 is 29.0 Å². The molecule has 0 bridgehead atoms. The van der Waals surface area contributed by atoms with Crippen LogP contribution >= 0.6 is 0 Å². The second-order valence-corrected chi connectivity index (χ2v) is 11.9. The third-order valence-corrected chi connectivity index (χ3v) is 8.69. The second kappa shape index (κ2) is 16.9. The highest BCUT2D eigenvalue weighted by Crippen LogP contribution is 2.32.